The molecule has 2 aromatic rings. The van der Waals surface area contributed by atoms with E-state index in [1.165, 1.54) is 33.4 Å². The predicted molar refractivity (Wildman–Crippen MR) is 137 cm³/mol. The van der Waals surface area contributed by atoms with Crippen LogP contribution in [0, 0.1) is 15.4 Å². The molecule has 0 N–H and O–H groups in total. The van der Waals surface area contributed by atoms with Gasteiger partial charge in [-0.3, -0.25) is 4.68 Å². The summed E-state index contributed by atoms with van der Waals surface area (Å²) in [5, 5.41) is 5.03. The van der Waals surface area contributed by atoms with Crippen LogP contribution in [0.1, 0.15) is 71.9 Å². The van der Waals surface area contributed by atoms with Gasteiger partial charge in [-0.2, -0.15) is 5.10 Å². The number of esters is 1. The van der Waals surface area contributed by atoms with Gasteiger partial charge in [-0.25, -0.2) is 4.79 Å². The normalized spacial score (nSPS) is 19.3. The molecule has 1 aliphatic rings. The molecule has 0 bridgehead atoms. The van der Waals surface area contributed by atoms with Gasteiger partial charge >= 0.3 is 5.97 Å². The number of aromatic nitrogens is 2. The molecule has 6 heteroatoms. The van der Waals surface area contributed by atoms with Gasteiger partial charge in [-0.05, 0) is 86.8 Å². The highest BCUT2D eigenvalue weighted by Crippen LogP contribution is 2.35. The lowest BCUT2D eigenvalue weighted by Crippen LogP contribution is -2.28. The third-order valence-electron chi connectivity index (χ3n) is 5.90. The fourth-order valence-corrected chi connectivity index (χ4v) is 5.66. The van der Waals surface area contributed by atoms with Gasteiger partial charge in [0.1, 0.15) is 12.2 Å². The summed E-state index contributed by atoms with van der Waals surface area (Å²) in [6, 6.07) is 10.6. The molecule has 1 aromatic carbocycles. The van der Waals surface area contributed by atoms with Gasteiger partial charge < -0.3 is 9.47 Å². The molecule has 5 nitrogen and oxygen atoms in total. The second-order valence-electron chi connectivity index (χ2n) is 10.2. The summed E-state index contributed by atoms with van der Waals surface area (Å²) in [4.78, 5) is 11.8. The molecule has 0 atom stereocenters. The molecule has 1 fully saturated rings. The van der Waals surface area contributed by atoms with E-state index >= 15 is 0 Å². The number of halogens is 1. The highest BCUT2D eigenvalue weighted by atomic mass is 127. The summed E-state index contributed by atoms with van der Waals surface area (Å²) in [5.74, 6) is 1.26. The smallest absolute Gasteiger partial charge is 0.332 e. The largest absolute Gasteiger partial charge is 0.458 e. The van der Waals surface area contributed by atoms with Crippen LogP contribution in [0.2, 0.25) is 0 Å². The van der Waals surface area contributed by atoms with Crippen molar-refractivity contribution in [3.63, 3.8) is 0 Å². The lowest BCUT2D eigenvalue weighted by atomic mass is 9.82. The van der Waals surface area contributed by atoms with Crippen molar-refractivity contribution in [2.75, 3.05) is 13.2 Å². The molecule has 176 valence electrons. The number of carbonyl (C=O) groups excluding carboxylic acids is 1. The maximum absolute atomic E-state index is 11.8. The molecule has 3 rings (SSSR count). The number of hydrogen-bond acceptors (Lipinski definition) is 4. The van der Waals surface area contributed by atoms with Gasteiger partial charge in [-0.15, -0.1) is 0 Å². The minimum atomic E-state index is -0.461. The minimum Gasteiger partial charge on any atom is -0.458 e. The number of ether oxygens (including phenoxy) is 2. The van der Waals surface area contributed by atoms with E-state index in [1.807, 2.05) is 20.8 Å². The molecule has 0 radical (unpaired) electrons. The molecular formula is C26H37IN2O3. The van der Waals surface area contributed by atoms with Gasteiger partial charge in [0.25, 0.3) is 0 Å². The molecule has 0 aliphatic heterocycles. The predicted octanol–water partition coefficient (Wildman–Crippen LogP) is 6.44. The second kappa shape index (κ2) is 11.1. The average Bonchev–Trinajstić information content (AvgIpc) is 3.04. The Bertz CT molecular complexity index is 878. The van der Waals surface area contributed by atoms with Gasteiger partial charge in [-0.1, -0.05) is 44.2 Å². The van der Waals surface area contributed by atoms with E-state index < -0.39 is 5.60 Å². The summed E-state index contributed by atoms with van der Waals surface area (Å²) in [6.07, 6.45) is 4.61. The molecular weight excluding hydrogens is 515 g/mol. The number of hydrogen-bond donors (Lipinski definition) is 0. The van der Waals surface area contributed by atoms with E-state index in [1.54, 1.807) is 0 Å². The van der Waals surface area contributed by atoms with Crippen molar-refractivity contribution in [2.45, 2.75) is 78.4 Å². The zero-order valence-electron chi connectivity index (χ0n) is 20.1. The topological polar surface area (TPSA) is 53.4 Å². The van der Waals surface area contributed by atoms with E-state index in [2.05, 4.69) is 71.5 Å². The van der Waals surface area contributed by atoms with Crippen molar-refractivity contribution in [3.05, 3.63) is 39.6 Å². The van der Waals surface area contributed by atoms with Crippen LogP contribution in [0.4, 0.5) is 0 Å². The Morgan fingerprint density at radius 1 is 1.12 bits per heavy atom. The van der Waals surface area contributed by atoms with Gasteiger partial charge in [0, 0.05) is 12.1 Å². The molecule has 1 aromatic heterocycles. The van der Waals surface area contributed by atoms with Crippen molar-refractivity contribution in [1.82, 2.24) is 9.78 Å². The molecule has 0 amide bonds. The molecule has 0 unspecified atom stereocenters. The first-order valence-electron chi connectivity index (χ1n) is 11.7. The molecule has 32 heavy (non-hydrogen) atoms. The molecule has 1 aliphatic carbocycles. The third-order valence-corrected chi connectivity index (χ3v) is 6.97. The second-order valence-corrected chi connectivity index (χ2v) is 11.3. The van der Waals surface area contributed by atoms with Crippen LogP contribution in [-0.4, -0.2) is 34.6 Å². The van der Waals surface area contributed by atoms with E-state index in [9.17, 15) is 4.79 Å². The molecule has 1 saturated carbocycles. The number of benzene rings is 1. The Hall–Kier alpha value is -1.41. The summed E-state index contributed by atoms with van der Waals surface area (Å²) in [6.45, 7) is 11.7. The summed E-state index contributed by atoms with van der Waals surface area (Å²) < 4.78 is 14.5. The Kier molecular flexibility index (Phi) is 8.78. The van der Waals surface area contributed by atoms with Crippen molar-refractivity contribution < 1.29 is 14.3 Å². The first kappa shape index (κ1) is 25.2. The maximum Gasteiger partial charge on any atom is 0.332 e. The SMILES string of the molecule is CC(C)c1nn(CC2CCC(COCC(=O)OC(C)(C)C)CC2)c(-c2ccccc2)c1I. The number of nitrogens with zero attached hydrogens (tertiary/aromatic N) is 2. The zero-order valence-corrected chi connectivity index (χ0v) is 22.2. The van der Waals surface area contributed by atoms with Crippen LogP contribution in [0.25, 0.3) is 11.3 Å². The van der Waals surface area contributed by atoms with E-state index in [-0.39, 0.29) is 12.6 Å². The zero-order chi connectivity index (χ0) is 23.3. The van der Waals surface area contributed by atoms with E-state index in [0.29, 0.717) is 24.4 Å². The fraction of sp³-hybridized carbons (Fsp3) is 0.615. The molecule has 1 heterocycles. The monoisotopic (exact) mass is 552 g/mol. The average molecular weight is 552 g/mol. The van der Waals surface area contributed by atoms with Crippen molar-refractivity contribution in [3.8, 4) is 11.3 Å². The van der Waals surface area contributed by atoms with Crippen LogP contribution in [0.5, 0.6) is 0 Å². The maximum atomic E-state index is 11.8. The van der Waals surface area contributed by atoms with E-state index in [0.717, 1.165) is 19.4 Å². The van der Waals surface area contributed by atoms with Crippen LogP contribution in [0.3, 0.4) is 0 Å². The lowest BCUT2D eigenvalue weighted by Gasteiger charge is -2.29. The first-order valence-corrected chi connectivity index (χ1v) is 12.8. The Morgan fingerprint density at radius 3 is 2.34 bits per heavy atom. The van der Waals surface area contributed by atoms with Crippen LogP contribution < -0.4 is 0 Å². The fourth-order valence-electron chi connectivity index (χ4n) is 4.34. The summed E-state index contributed by atoms with van der Waals surface area (Å²) in [5.41, 5.74) is 3.21. The molecule has 0 saturated heterocycles. The van der Waals surface area contributed by atoms with Crippen molar-refractivity contribution in [2.24, 2.45) is 11.8 Å². The summed E-state index contributed by atoms with van der Waals surface area (Å²) >= 11 is 2.47. The number of carbonyl (C=O) groups is 1. The van der Waals surface area contributed by atoms with E-state index in [4.69, 9.17) is 14.6 Å². The highest BCUT2D eigenvalue weighted by molar-refractivity contribution is 14.1. The molecule has 0 spiro atoms. The van der Waals surface area contributed by atoms with Crippen LogP contribution >= 0.6 is 22.6 Å². The third kappa shape index (κ3) is 7.04. The van der Waals surface area contributed by atoms with Crippen LogP contribution in [-0.2, 0) is 20.8 Å². The summed E-state index contributed by atoms with van der Waals surface area (Å²) in [7, 11) is 0. The Morgan fingerprint density at radius 2 is 1.75 bits per heavy atom. The first-order chi connectivity index (χ1) is 15.1. The highest BCUT2D eigenvalue weighted by Gasteiger charge is 2.26. The quantitative estimate of drug-likeness (QED) is 0.279. The lowest BCUT2D eigenvalue weighted by molar-refractivity contribution is -0.160. The van der Waals surface area contributed by atoms with Gasteiger partial charge in [0.15, 0.2) is 0 Å². The minimum absolute atomic E-state index is 0.0430. The van der Waals surface area contributed by atoms with Crippen molar-refractivity contribution in [1.29, 1.82) is 0 Å². The standard InChI is InChI=1S/C26H37IN2O3/c1-18(2)24-23(27)25(21-9-7-6-8-10-21)29(28-24)15-19-11-13-20(14-12-19)16-31-17-22(30)32-26(3,4)5/h6-10,18-20H,11-17H2,1-5H3. The number of rotatable bonds is 8. The van der Waals surface area contributed by atoms with Gasteiger partial charge in [0.2, 0.25) is 0 Å². The Labute approximate surface area is 206 Å². The Balaban J connectivity index is 1.55. The van der Waals surface area contributed by atoms with Crippen LogP contribution in [0.15, 0.2) is 30.3 Å². The van der Waals surface area contributed by atoms with Gasteiger partial charge in [0.05, 0.1) is 21.6 Å². The van der Waals surface area contributed by atoms with Crippen molar-refractivity contribution >= 4 is 28.6 Å².